The summed E-state index contributed by atoms with van der Waals surface area (Å²) in [6, 6.07) is 8.79. The van der Waals surface area contributed by atoms with Crippen molar-refractivity contribution < 1.29 is 19.1 Å². The summed E-state index contributed by atoms with van der Waals surface area (Å²) in [5.41, 5.74) is 7.67. The van der Waals surface area contributed by atoms with E-state index >= 15 is 0 Å². The highest BCUT2D eigenvalue weighted by atomic mass is 16.6. The summed E-state index contributed by atoms with van der Waals surface area (Å²) >= 11 is 0. The molecule has 1 fully saturated rings. The first-order valence-electron chi connectivity index (χ1n) is 10.7. The molecule has 0 unspecified atom stereocenters. The quantitative estimate of drug-likeness (QED) is 0.586. The van der Waals surface area contributed by atoms with Crippen LogP contribution in [0.1, 0.15) is 33.6 Å². The molecule has 32 heavy (non-hydrogen) atoms. The Balaban J connectivity index is 1.46. The highest BCUT2D eigenvalue weighted by molar-refractivity contribution is 5.92. The van der Waals surface area contributed by atoms with E-state index in [1.54, 1.807) is 51.4 Å². The summed E-state index contributed by atoms with van der Waals surface area (Å²) in [7, 11) is 0. The molecule has 0 aliphatic carbocycles. The standard InChI is InChI=1S/C23H31N5O4/c1-23(2,3)32-22(30)26-17-4-5-19(24)20(14-17)27-21(29)31-15-16-8-12-28(13-9-16)18-6-10-25-11-7-18/h4-7,10-11,14,16H,8-9,12-13,15,24H2,1-3H3,(H,26,30)(H,27,29). The molecule has 0 saturated carbocycles. The molecule has 0 bridgehead atoms. The number of ether oxygens (including phenoxy) is 2. The van der Waals surface area contributed by atoms with Gasteiger partial charge in [-0.1, -0.05) is 0 Å². The average Bonchev–Trinajstić information content (AvgIpc) is 2.74. The Labute approximate surface area is 188 Å². The number of hydrogen-bond donors (Lipinski definition) is 3. The number of rotatable bonds is 5. The van der Waals surface area contributed by atoms with E-state index in [1.807, 2.05) is 12.1 Å². The first-order valence-corrected chi connectivity index (χ1v) is 10.7. The van der Waals surface area contributed by atoms with Crippen LogP contribution < -0.4 is 21.3 Å². The molecule has 0 spiro atoms. The number of anilines is 4. The lowest BCUT2D eigenvalue weighted by Crippen LogP contribution is -2.35. The van der Waals surface area contributed by atoms with Gasteiger partial charge in [0, 0.05) is 36.9 Å². The maximum absolute atomic E-state index is 12.3. The van der Waals surface area contributed by atoms with E-state index in [9.17, 15) is 9.59 Å². The first kappa shape index (κ1) is 23.2. The van der Waals surface area contributed by atoms with Gasteiger partial charge in [-0.15, -0.1) is 0 Å². The molecule has 1 aromatic heterocycles. The molecule has 0 radical (unpaired) electrons. The highest BCUT2D eigenvalue weighted by Crippen LogP contribution is 2.25. The molecule has 1 aliphatic rings. The predicted octanol–water partition coefficient (Wildman–Crippen LogP) is 4.48. The zero-order chi connectivity index (χ0) is 23.1. The summed E-state index contributed by atoms with van der Waals surface area (Å²) in [6.07, 6.45) is 4.29. The molecule has 1 aliphatic heterocycles. The maximum Gasteiger partial charge on any atom is 0.412 e. The molecular weight excluding hydrogens is 410 g/mol. The fourth-order valence-corrected chi connectivity index (χ4v) is 3.42. The van der Waals surface area contributed by atoms with E-state index in [2.05, 4.69) is 20.5 Å². The maximum atomic E-state index is 12.3. The van der Waals surface area contributed by atoms with Gasteiger partial charge in [-0.25, -0.2) is 9.59 Å². The van der Waals surface area contributed by atoms with Gasteiger partial charge in [-0.2, -0.15) is 0 Å². The molecule has 1 saturated heterocycles. The number of carbonyl (C=O) groups is 2. The third kappa shape index (κ3) is 7.04. The molecule has 2 heterocycles. The number of amides is 2. The Hall–Kier alpha value is -3.49. The number of nitrogens with zero attached hydrogens (tertiary/aromatic N) is 2. The van der Waals surface area contributed by atoms with Gasteiger partial charge in [0.2, 0.25) is 0 Å². The largest absolute Gasteiger partial charge is 0.449 e. The minimum absolute atomic E-state index is 0.302. The van der Waals surface area contributed by atoms with E-state index < -0.39 is 17.8 Å². The minimum atomic E-state index is -0.614. The van der Waals surface area contributed by atoms with E-state index in [-0.39, 0.29) is 0 Å². The monoisotopic (exact) mass is 441 g/mol. The zero-order valence-corrected chi connectivity index (χ0v) is 18.8. The summed E-state index contributed by atoms with van der Waals surface area (Å²) < 4.78 is 10.7. The lowest BCUT2D eigenvalue weighted by atomic mass is 9.97. The Morgan fingerprint density at radius 1 is 1.09 bits per heavy atom. The first-order chi connectivity index (χ1) is 15.2. The SMILES string of the molecule is CC(C)(C)OC(=O)Nc1ccc(N)c(NC(=O)OCC2CCN(c3ccncc3)CC2)c1. The Kier molecular flexibility index (Phi) is 7.40. The second kappa shape index (κ2) is 10.2. The van der Waals surface area contributed by atoms with Gasteiger partial charge in [0.15, 0.2) is 0 Å². The van der Waals surface area contributed by atoms with Crippen molar-refractivity contribution in [3.8, 4) is 0 Å². The molecule has 1 aromatic carbocycles. The number of aromatic nitrogens is 1. The number of nitrogen functional groups attached to an aromatic ring is 1. The van der Waals surface area contributed by atoms with E-state index in [0.717, 1.165) is 31.6 Å². The number of pyridine rings is 1. The summed E-state index contributed by atoms with van der Waals surface area (Å²) in [5, 5.41) is 5.27. The van der Waals surface area contributed by atoms with Gasteiger partial charge in [0.1, 0.15) is 5.60 Å². The zero-order valence-electron chi connectivity index (χ0n) is 18.8. The number of nitrogens with one attached hydrogen (secondary N) is 2. The topological polar surface area (TPSA) is 119 Å². The number of piperidine rings is 1. The molecule has 9 nitrogen and oxygen atoms in total. The van der Waals surface area contributed by atoms with Crippen molar-refractivity contribution in [2.45, 2.75) is 39.2 Å². The number of benzene rings is 1. The van der Waals surface area contributed by atoms with Gasteiger partial charge in [-0.3, -0.25) is 15.6 Å². The van der Waals surface area contributed by atoms with E-state index in [1.165, 1.54) is 0 Å². The van der Waals surface area contributed by atoms with Crippen molar-refractivity contribution in [1.29, 1.82) is 0 Å². The smallest absolute Gasteiger partial charge is 0.412 e. The molecule has 4 N–H and O–H groups in total. The molecule has 2 aromatic rings. The van der Waals surface area contributed by atoms with Crippen LogP contribution in [-0.4, -0.2) is 42.5 Å². The Morgan fingerprint density at radius 3 is 2.44 bits per heavy atom. The van der Waals surface area contributed by atoms with E-state index in [4.69, 9.17) is 15.2 Å². The lowest BCUT2D eigenvalue weighted by molar-refractivity contribution is 0.0636. The van der Waals surface area contributed by atoms with Crippen LogP contribution in [0.25, 0.3) is 0 Å². The second-order valence-corrected chi connectivity index (χ2v) is 8.79. The molecule has 172 valence electrons. The average molecular weight is 442 g/mol. The van der Waals surface area contributed by atoms with Gasteiger partial charge in [-0.05, 0) is 69.9 Å². The highest BCUT2D eigenvalue weighted by Gasteiger charge is 2.21. The van der Waals surface area contributed by atoms with Crippen molar-refractivity contribution in [3.63, 3.8) is 0 Å². The van der Waals surface area contributed by atoms with Gasteiger partial charge in [0.05, 0.1) is 18.0 Å². The summed E-state index contributed by atoms with van der Waals surface area (Å²) in [5.74, 6) is 0.302. The minimum Gasteiger partial charge on any atom is -0.449 e. The molecular formula is C23H31N5O4. The molecule has 0 atom stereocenters. The lowest BCUT2D eigenvalue weighted by Gasteiger charge is -2.33. The van der Waals surface area contributed by atoms with Crippen molar-refractivity contribution in [1.82, 2.24) is 4.98 Å². The van der Waals surface area contributed by atoms with Crippen molar-refractivity contribution in [3.05, 3.63) is 42.7 Å². The number of nitrogens with two attached hydrogens (primary N) is 1. The number of hydrogen-bond acceptors (Lipinski definition) is 7. The Morgan fingerprint density at radius 2 is 1.78 bits per heavy atom. The molecule has 3 rings (SSSR count). The van der Waals surface area contributed by atoms with Crippen LogP contribution in [0.15, 0.2) is 42.7 Å². The van der Waals surface area contributed by atoms with Gasteiger partial charge < -0.3 is 20.1 Å². The predicted molar refractivity (Wildman–Crippen MR) is 125 cm³/mol. The van der Waals surface area contributed by atoms with Crippen molar-refractivity contribution in [2.75, 3.05) is 41.0 Å². The normalized spacial score (nSPS) is 14.5. The molecule has 2 amide bonds. The fourth-order valence-electron chi connectivity index (χ4n) is 3.42. The third-order valence-electron chi connectivity index (χ3n) is 5.03. The van der Waals surface area contributed by atoms with Crippen LogP contribution in [-0.2, 0) is 9.47 Å². The van der Waals surface area contributed by atoms with Gasteiger partial charge >= 0.3 is 12.2 Å². The van der Waals surface area contributed by atoms with Gasteiger partial charge in [0.25, 0.3) is 0 Å². The number of carbonyl (C=O) groups excluding carboxylic acids is 2. The van der Waals surface area contributed by atoms with Crippen LogP contribution >= 0.6 is 0 Å². The van der Waals surface area contributed by atoms with Crippen molar-refractivity contribution >= 4 is 34.9 Å². The van der Waals surface area contributed by atoms with Crippen LogP contribution in [0, 0.1) is 5.92 Å². The summed E-state index contributed by atoms with van der Waals surface area (Å²) in [6.45, 7) is 7.49. The molecule has 9 heteroatoms. The van der Waals surface area contributed by atoms with Crippen LogP contribution in [0.5, 0.6) is 0 Å². The van der Waals surface area contributed by atoms with Crippen LogP contribution in [0.2, 0.25) is 0 Å². The second-order valence-electron chi connectivity index (χ2n) is 8.79. The fraction of sp³-hybridized carbons (Fsp3) is 0.435. The third-order valence-corrected chi connectivity index (χ3v) is 5.03. The van der Waals surface area contributed by atoms with Crippen LogP contribution in [0.3, 0.4) is 0 Å². The van der Waals surface area contributed by atoms with Crippen molar-refractivity contribution in [2.24, 2.45) is 5.92 Å². The Bertz CT molecular complexity index is 922. The van der Waals surface area contributed by atoms with E-state index in [0.29, 0.717) is 29.6 Å². The summed E-state index contributed by atoms with van der Waals surface area (Å²) in [4.78, 5) is 30.6. The van der Waals surface area contributed by atoms with Crippen LogP contribution in [0.4, 0.5) is 32.3 Å².